The summed E-state index contributed by atoms with van der Waals surface area (Å²) in [6.45, 7) is 1.88. The summed E-state index contributed by atoms with van der Waals surface area (Å²) in [7, 11) is 0. The third kappa shape index (κ3) is 5.79. The number of benzene rings is 2. The summed E-state index contributed by atoms with van der Waals surface area (Å²) in [4.78, 5) is 28.2. The molecule has 2 aromatic heterocycles. The number of nitrogens with one attached hydrogen (secondary N) is 1. The van der Waals surface area contributed by atoms with Gasteiger partial charge in [0.05, 0.1) is 5.57 Å². The Hall–Kier alpha value is -3.19. The minimum absolute atomic E-state index is 0.402. The van der Waals surface area contributed by atoms with Gasteiger partial charge in [-0.3, -0.25) is 4.79 Å². The van der Waals surface area contributed by atoms with Gasteiger partial charge in [0.1, 0.15) is 0 Å². The van der Waals surface area contributed by atoms with Crippen LogP contribution in [0.1, 0.15) is 27.0 Å². The van der Waals surface area contributed by atoms with Crippen LogP contribution in [0.5, 0.6) is 0 Å². The fourth-order valence-corrected chi connectivity index (χ4v) is 4.70. The first-order valence-corrected chi connectivity index (χ1v) is 12.3. The highest BCUT2D eigenvalue weighted by atomic mass is 35.5. The molecule has 2 heterocycles. The molecule has 0 bridgehead atoms. The number of rotatable bonds is 7. The topological polar surface area (TPSA) is 55.4 Å². The van der Waals surface area contributed by atoms with Gasteiger partial charge in [-0.25, -0.2) is 4.79 Å². The van der Waals surface area contributed by atoms with Crippen LogP contribution in [-0.4, -0.2) is 11.9 Å². The Balaban J connectivity index is 1.63. The average Bonchev–Trinajstić information content (AvgIpc) is 3.53. The number of esters is 1. The average molecular weight is 494 g/mol. The molecule has 0 aliphatic heterocycles. The first kappa shape index (κ1) is 23.0. The predicted molar refractivity (Wildman–Crippen MR) is 137 cm³/mol. The van der Waals surface area contributed by atoms with Crippen LogP contribution < -0.4 is 5.32 Å². The molecule has 4 aromatic rings. The Bertz CT molecular complexity index is 1270. The second kappa shape index (κ2) is 10.6. The molecule has 0 aliphatic carbocycles. The standard InChI is InChI=1S/C26H20ClNO3S2/c1-17-11-12-19(15-22(17)27)28-25(29)24(18-7-3-2-4-8-18)31-26(30)21(23-10-6-14-33-23)16-20-9-5-13-32-20/h2-16,24H,1H3,(H,28,29). The number of carbonyl (C=O) groups is 2. The van der Waals surface area contributed by atoms with Gasteiger partial charge in [0.2, 0.25) is 6.10 Å². The molecule has 1 N–H and O–H groups in total. The molecule has 0 saturated heterocycles. The largest absolute Gasteiger partial charge is 0.444 e. The molecular formula is C26H20ClNO3S2. The molecule has 0 radical (unpaired) electrons. The van der Waals surface area contributed by atoms with E-state index in [9.17, 15) is 9.59 Å². The molecule has 1 amide bonds. The summed E-state index contributed by atoms with van der Waals surface area (Å²) in [5.74, 6) is -1.03. The van der Waals surface area contributed by atoms with E-state index in [1.165, 1.54) is 22.7 Å². The van der Waals surface area contributed by atoms with Crippen molar-refractivity contribution in [2.45, 2.75) is 13.0 Å². The summed E-state index contributed by atoms with van der Waals surface area (Å²) in [5, 5.41) is 7.20. The lowest BCUT2D eigenvalue weighted by atomic mass is 10.1. The molecule has 0 saturated carbocycles. The van der Waals surface area contributed by atoms with E-state index >= 15 is 0 Å². The number of ether oxygens (including phenoxy) is 1. The molecule has 0 fully saturated rings. The van der Waals surface area contributed by atoms with E-state index in [0.717, 1.165) is 15.3 Å². The van der Waals surface area contributed by atoms with Gasteiger partial charge in [-0.05, 0) is 53.6 Å². The van der Waals surface area contributed by atoms with E-state index in [-0.39, 0.29) is 0 Å². The summed E-state index contributed by atoms with van der Waals surface area (Å²) >= 11 is 9.16. The molecule has 4 nitrogen and oxygen atoms in total. The number of carbonyl (C=O) groups excluding carboxylic acids is 2. The van der Waals surface area contributed by atoms with E-state index in [2.05, 4.69) is 5.32 Å². The maximum atomic E-state index is 13.3. The van der Waals surface area contributed by atoms with E-state index in [1.807, 2.05) is 54.1 Å². The Morgan fingerprint density at radius 1 is 0.970 bits per heavy atom. The normalized spacial score (nSPS) is 12.2. The molecule has 7 heteroatoms. The van der Waals surface area contributed by atoms with E-state index < -0.39 is 18.0 Å². The lowest BCUT2D eigenvalue weighted by Crippen LogP contribution is -2.26. The molecule has 0 spiro atoms. The van der Waals surface area contributed by atoms with Crippen molar-refractivity contribution in [1.29, 1.82) is 0 Å². The van der Waals surface area contributed by atoms with Gasteiger partial charge in [0, 0.05) is 26.0 Å². The molecule has 1 atom stereocenters. The molecule has 4 rings (SSSR count). The number of hydrogen-bond acceptors (Lipinski definition) is 5. The van der Waals surface area contributed by atoms with Gasteiger partial charge in [0.25, 0.3) is 5.91 Å². The Kier molecular flexibility index (Phi) is 7.40. The number of aryl methyl sites for hydroxylation is 1. The maximum absolute atomic E-state index is 13.3. The van der Waals surface area contributed by atoms with Crippen molar-refractivity contribution in [3.8, 4) is 0 Å². The number of amides is 1. The number of thiophene rings is 2. The van der Waals surface area contributed by atoms with Crippen LogP contribution in [-0.2, 0) is 14.3 Å². The van der Waals surface area contributed by atoms with Crippen molar-refractivity contribution in [1.82, 2.24) is 0 Å². The summed E-state index contributed by atoms with van der Waals surface area (Å²) < 4.78 is 5.82. The SMILES string of the molecule is Cc1ccc(NC(=O)C(OC(=O)C(=Cc2cccs2)c2cccs2)c2ccccc2)cc1Cl. The zero-order valence-electron chi connectivity index (χ0n) is 17.7. The lowest BCUT2D eigenvalue weighted by molar-refractivity contribution is -0.148. The van der Waals surface area contributed by atoms with Gasteiger partial charge >= 0.3 is 5.97 Å². The third-order valence-electron chi connectivity index (χ3n) is 4.84. The van der Waals surface area contributed by atoms with Gasteiger partial charge < -0.3 is 10.1 Å². The van der Waals surface area contributed by atoms with Crippen LogP contribution in [0.4, 0.5) is 5.69 Å². The summed E-state index contributed by atoms with van der Waals surface area (Å²) in [5.41, 5.74) is 2.41. The van der Waals surface area contributed by atoms with Crippen LogP contribution >= 0.6 is 34.3 Å². The highest BCUT2D eigenvalue weighted by molar-refractivity contribution is 7.12. The lowest BCUT2D eigenvalue weighted by Gasteiger charge is -2.19. The van der Waals surface area contributed by atoms with E-state index in [4.69, 9.17) is 16.3 Å². The van der Waals surface area contributed by atoms with Crippen molar-refractivity contribution in [2.75, 3.05) is 5.32 Å². The minimum atomic E-state index is -1.13. The highest BCUT2D eigenvalue weighted by Crippen LogP contribution is 2.29. The van der Waals surface area contributed by atoms with Crippen molar-refractivity contribution >= 4 is 63.5 Å². The zero-order chi connectivity index (χ0) is 23.2. The monoisotopic (exact) mass is 493 g/mol. The Labute approximate surface area is 205 Å². The Morgan fingerprint density at radius 3 is 2.39 bits per heavy atom. The summed E-state index contributed by atoms with van der Waals surface area (Å²) in [6.07, 6.45) is 0.656. The number of hydrogen-bond donors (Lipinski definition) is 1. The molecule has 0 aliphatic rings. The van der Waals surface area contributed by atoms with E-state index in [1.54, 1.807) is 42.5 Å². The van der Waals surface area contributed by atoms with Crippen molar-refractivity contribution < 1.29 is 14.3 Å². The second-order valence-corrected chi connectivity index (χ2v) is 9.53. The molecule has 33 heavy (non-hydrogen) atoms. The van der Waals surface area contributed by atoms with Crippen molar-refractivity contribution in [2.24, 2.45) is 0 Å². The van der Waals surface area contributed by atoms with Crippen LogP contribution in [0.15, 0.2) is 83.6 Å². The first-order chi connectivity index (χ1) is 16.0. The quantitative estimate of drug-likeness (QED) is 0.218. The van der Waals surface area contributed by atoms with Crippen LogP contribution in [0, 0.1) is 6.92 Å². The molecule has 1 unspecified atom stereocenters. The third-order valence-corrected chi connectivity index (χ3v) is 6.97. The van der Waals surface area contributed by atoms with E-state index in [0.29, 0.717) is 21.8 Å². The van der Waals surface area contributed by atoms with Crippen molar-refractivity contribution in [3.63, 3.8) is 0 Å². The van der Waals surface area contributed by atoms with Crippen LogP contribution in [0.2, 0.25) is 5.02 Å². The second-order valence-electron chi connectivity index (χ2n) is 7.20. The maximum Gasteiger partial charge on any atom is 0.340 e. The number of halogens is 1. The molecular weight excluding hydrogens is 474 g/mol. The van der Waals surface area contributed by atoms with Gasteiger partial charge in [0.15, 0.2) is 0 Å². The van der Waals surface area contributed by atoms with Gasteiger partial charge in [-0.2, -0.15) is 0 Å². The first-order valence-electron chi connectivity index (χ1n) is 10.1. The molecule has 166 valence electrons. The molecule has 2 aromatic carbocycles. The smallest absolute Gasteiger partial charge is 0.340 e. The fourth-order valence-electron chi connectivity index (χ4n) is 3.13. The van der Waals surface area contributed by atoms with Crippen molar-refractivity contribution in [3.05, 3.63) is 109 Å². The zero-order valence-corrected chi connectivity index (χ0v) is 20.0. The summed E-state index contributed by atoms with van der Waals surface area (Å²) in [6, 6.07) is 21.8. The number of anilines is 1. The Morgan fingerprint density at radius 2 is 1.73 bits per heavy atom. The highest BCUT2D eigenvalue weighted by Gasteiger charge is 2.27. The van der Waals surface area contributed by atoms with Crippen LogP contribution in [0.3, 0.4) is 0 Å². The fraction of sp³-hybridized carbons (Fsp3) is 0.0769. The predicted octanol–water partition coefficient (Wildman–Crippen LogP) is 7.24. The van der Waals surface area contributed by atoms with Gasteiger partial charge in [-0.1, -0.05) is 60.1 Å². The minimum Gasteiger partial charge on any atom is -0.444 e. The van der Waals surface area contributed by atoms with Gasteiger partial charge in [-0.15, -0.1) is 22.7 Å². The van der Waals surface area contributed by atoms with Crippen LogP contribution in [0.25, 0.3) is 11.6 Å².